The van der Waals surface area contributed by atoms with E-state index >= 15 is 0 Å². The van der Waals surface area contributed by atoms with Crippen molar-refractivity contribution in [1.29, 1.82) is 0 Å². The molecule has 232 valence electrons. The number of carbonyl (C=O) groups is 2. The van der Waals surface area contributed by atoms with Gasteiger partial charge in [-0.3, -0.25) is 29.3 Å². The summed E-state index contributed by atoms with van der Waals surface area (Å²) >= 11 is 6.42. The number of aromatic nitrogens is 2. The van der Waals surface area contributed by atoms with Gasteiger partial charge in [-0.15, -0.1) is 0 Å². The first-order valence-electron chi connectivity index (χ1n) is 15.7. The molecule has 4 saturated carbocycles. The highest BCUT2D eigenvalue weighted by molar-refractivity contribution is 6.31. The maximum Gasteiger partial charge on any atom is 0.335 e. The molecule has 0 spiro atoms. The second-order valence-electron chi connectivity index (χ2n) is 13.4. The maximum atomic E-state index is 12.9. The molecule has 4 aromatic rings. The molecule has 4 bridgehead atoms. The number of amides is 2. The van der Waals surface area contributed by atoms with E-state index < -0.39 is 28.9 Å². The zero-order valence-corrected chi connectivity index (χ0v) is 25.7. The summed E-state index contributed by atoms with van der Waals surface area (Å²) in [6.07, 6.45) is 8.89. The molecule has 0 atom stereocenters. The summed E-state index contributed by atoms with van der Waals surface area (Å²) in [5.41, 5.74) is 1.72. The van der Waals surface area contributed by atoms with E-state index in [1.807, 2.05) is 12.1 Å². The molecule has 2 amide bonds. The van der Waals surface area contributed by atoms with Crippen molar-refractivity contribution < 1.29 is 14.7 Å². The molecule has 46 heavy (non-hydrogen) atoms. The third-order valence-corrected chi connectivity index (χ3v) is 10.8. The van der Waals surface area contributed by atoms with Gasteiger partial charge in [0.25, 0.3) is 17.4 Å². The third kappa shape index (κ3) is 4.64. The number of rotatable bonds is 6. The molecule has 1 aliphatic heterocycles. The lowest BCUT2D eigenvalue weighted by Gasteiger charge is -2.57. The summed E-state index contributed by atoms with van der Waals surface area (Å²) in [7, 11) is 0. The molecule has 2 heterocycles. The van der Waals surface area contributed by atoms with Gasteiger partial charge >= 0.3 is 5.69 Å². The number of aromatic amines is 1. The van der Waals surface area contributed by atoms with Crippen LogP contribution in [-0.2, 0) is 12.0 Å². The minimum absolute atomic E-state index is 0.0650. The molecule has 9 rings (SSSR count). The van der Waals surface area contributed by atoms with Crippen molar-refractivity contribution in [3.63, 3.8) is 0 Å². The lowest BCUT2D eigenvalue weighted by Crippen LogP contribution is -2.48. The number of carbonyl (C=O) groups excluding carboxylic acids is 2. The lowest BCUT2D eigenvalue weighted by atomic mass is 9.48. The molecule has 0 unspecified atom stereocenters. The highest BCUT2D eigenvalue weighted by atomic mass is 35.5. The number of nitrogens with one attached hydrogen (secondary N) is 1. The molecule has 0 radical (unpaired) electrons. The SMILES string of the molecule is O=C1c2ccccc2C(=O)N1Cc1cc(N=Cc2c(O)n(-c3ccc(C45CC6CC(CC(C6)C4)C5)cc3)c(=O)[nH]c2=O)ccc1Cl. The minimum atomic E-state index is -0.784. The Morgan fingerprint density at radius 2 is 1.48 bits per heavy atom. The van der Waals surface area contributed by atoms with Crippen LogP contribution < -0.4 is 11.2 Å². The van der Waals surface area contributed by atoms with Crippen LogP contribution >= 0.6 is 11.6 Å². The van der Waals surface area contributed by atoms with Crippen molar-refractivity contribution in [1.82, 2.24) is 14.5 Å². The summed E-state index contributed by atoms with van der Waals surface area (Å²) in [5, 5.41) is 11.5. The van der Waals surface area contributed by atoms with Gasteiger partial charge in [-0.25, -0.2) is 9.36 Å². The molecule has 4 fully saturated rings. The summed E-state index contributed by atoms with van der Waals surface area (Å²) in [5.74, 6) is 1.07. The summed E-state index contributed by atoms with van der Waals surface area (Å²) < 4.78 is 1.07. The second-order valence-corrected chi connectivity index (χ2v) is 13.8. The van der Waals surface area contributed by atoms with E-state index in [0.29, 0.717) is 33.1 Å². The van der Waals surface area contributed by atoms with Crippen molar-refractivity contribution in [2.75, 3.05) is 0 Å². The standard InChI is InChI=1S/C36H31ClN4O5/c37-30-10-7-25(14-23(30)19-40-32(43)27-3-1-2-4-28(27)33(40)44)38-18-29-31(42)39-35(46)41(34(29)45)26-8-5-24(6-9-26)36-15-20-11-21(16-36)13-22(12-20)17-36/h1-10,14,18,20-22,45H,11-13,15-17,19H2,(H,39,42,46). The number of halogens is 1. The Balaban J connectivity index is 1.06. The van der Waals surface area contributed by atoms with Gasteiger partial charge in [0, 0.05) is 11.2 Å². The van der Waals surface area contributed by atoms with E-state index in [9.17, 15) is 24.3 Å². The van der Waals surface area contributed by atoms with Crippen LogP contribution in [0, 0.1) is 17.8 Å². The molecule has 0 saturated heterocycles. The number of imide groups is 1. The molecular weight excluding hydrogens is 604 g/mol. The van der Waals surface area contributed by atoms with Gasteiger partial charge in [0.2, 0.25) is 5.88 Å². The van der Waals surface area contributed by atoms with Gasteiger partial charge in [0.1, 0.15) is 5.56 Å². The van der Waals surface area contributed by atoms with Crippen LogP contribution in [0.2, 0.25) is 5.02 Å². The van der Waals surface area contributed by atoms with Crippen LogP contribution in [0.25, 0.3) is 5.69 Å². The average molecular weight is 635 g/mol. The Hall–Kier alpha value is -4.76. The number of aliphatic imine (C=N–C) groups is 1. The van der Waals surface area contributed by atoms with E-state index in [-0.39, 0.29) is 17.5 Å². The number of hydrogen-bond acceptors (Lipinski definition) is 6. The number of hydrogen-bond donors (Lipinski definition) is 2. The predicted molar refractivity (Wildman–Crippen MR) is 174 cm³/mol. The first kappa shape index (κ1) is 28.7. The van der Waals surface area contributed by atoms with E-state index in [2.05, 4.69) is 22.1 Å². The van der Waals surface area contributed by atoms with Crippen molar-refractivity contribution in [2.24, 2.45) is 22.7 Å². The Labute approximate surface area is 269 Å². The smallest absolute Gasteiger partial charge is 0.335 e. The summed E-state index contributed by atoms with van der Waals surface area (Å²) in [6, 6.07) is 19.2. The summed E-state index contributed by atoms with van der Waals surface area (Å²) in [4.78, 5) is 59.2. The highest BCUT2D eigenvalue weighted by Gasteiger charge is 2.51. The van der Waals surface area contributed by atoms with Crippen LogP contribution in [0.5, 0.6) is 5.88 Å². The topological polar surface area (TPSA) is 125 Å². The van der Waals surface area contributed by atoms with E-state index in [0.717, 1.165) is 27.2 Å². The van der Waals surface area contributed by atoms with Gasteiger partial charge in [-0.1, -0.05) is 35.9 Å². The largest absolute Gasteiger partial charge is 0.493 e. The number of nitrogens with zero attached hydrogens (tertiary/aromatic N) is 3. The zero-order valence-electron chi connectivity index (χ0n) is 24.9. The molecule has 3 aromatic carbocycles. The number of aromatic hydroxyl groups is 1. The van der Waals surface area contributed by atoms with E-state index in [1.165, 1.54) is 50.3 Å². The van der Waals surface area contributed by atoms with Crippen molar-refractivity contribution >= 4 is 35.3 Å². The molecule has 2 N–H and O–H groups in total. The fourth-order valence-corrected chi connectivity index (χ4v) is 8.95. The fourth-order valence-electron chi connectivity index (χ4n) is 8.78. The molecular formula is C36H31ClN4O5. The lowest BCUT2D eigenvalue weighted by molar-refractivity contribution is -0.00518. The first-order chi connectivity index (χ1) is 22.2. The Morgan fingerprint density at radius 1 is 0.870 bits per heavy atom. The average Bonchev–Trinajstić information content (AvgIpc) is 3.26. The van der Waals surface area contributed by atoms with E-state index in [4.69, 9.17) is 11.6 Å². The zero-order chi connectivity index (χ0) is 31.7. The van der Waals surface area contributed by atoms with E-state index in [1.54, 1.807) is 42.5 Å². The van der Waals surface area contributed by atoms with Crippen LogP contribution in [0.3, 0.4) is 0 Å². The monoisotopic (exact) mass is 634 g/mol. The molecule has 10 heteroatoms. The van der Waals surface area contributed by atoms with Crippen molar-refractivity contribution in [3.8, 4) is 11.6 Å². The molecule has 9 nitrogen and oxygen atoms in total. The maximum absolute atomic E-state index is 12.9. The van der Waals surface area contributed by atoms with Crippen LogP contribution in [-0.4, -0.2) is 37.6 Å². The quantitative estimate of drug-likeness (QED) is 0.202. The van der Waals surface area contributed by atoms with Crippen LogP contribution in [0.1, 0.15) is 75.9 Å². The van der Waals surface area contributed by atoms with Crippen molar-refractivity contribution in [3.05, 3.63) is 120 Å². The van der Waals surface area contributed by atoms with Gasteiger partial charge in [0.15, 0.2) is 0 Å². The Bertz CT molecular complexity index is 2010. The Kier molecular flexibility index (Phi) is 6.65. The van der Waals surface area contributed by atoms with Crippen LogP contribution in [0.4, 0.5) is 5.69 Å². The number of H-pyrrole nitrogens is 1. The first-order valence-corrected chi connectivity index (χ1v) is 16.0. The van der Waals surface area contributed by atoms with Crippen molar-refractivity contribution in [2.45, 2.75) is 50.5 Å². The minimum Gasteiger partial charge on any atom is -0.493 e. The highest BCUT2D eigenvalue weighted by Crippen LogP contribution is 2.60. The van der Waals surface area contributed by atoms with Crippen LogP contribution in [0.15, 0.2) is 81.3 Å². The molecule has 5 aliphatic rings. The Morgan fingerprint density at radius 3 is 2.09 bits per heavy atom. The van der Waals surface area contributed by atoms with Gasteiger partial charge in [-0.05, 0) is 115 Å². The number of fused-ring (bicyclic) bond motifs is 1. The summed E-state index contributed by atoms with van der Waals surface area (Å²) in [6.45, 7) is -0.0650. The van der Waals surface area contributed by atoms with Gasteiger partial charge < -0.3 is 5.11 Å². The predicted octanol–water partition coefficient (Wildman–Crippen LogP) is 5.90. The molecule has 1 aromatic heterocycles. The van der Waals surface area contributed by atoms with Gasteiger partial charge in [-0.2, -0.15) is 0 Å². The third-order valence-electron chi connectivity index (χ3n) is 10.5. The fraction of sp³-hybridized carbons (Fsp3) is 0.306. The number of benzene rings is 3. The normalized spacial score (nSPS) is 24.7. The molecule has 4 aliphatic carbocycles. The second kappa shape index (κ2) is 10.7. The van der Waals surface area contributed by atoms with Gasteiger partial charge in [0.05, 0.1) is 29.0 Å².